The molecular formula is C11H8Br2F2N2O3S. The fourth-order valence-electron chi connectivity index (χ4n) is 1.51. The summed E-state index contributed by atoms with van der Waals surface area (Å²) in [5.74, 6) is -1.90. The van der Waals surface area contributed by atoms with Gasteiger partial charge in [0.25, 0.3) is 10.0 Å². The van der Waals surface area contributed by atoms with Gasteiger partial charge in [-0.1, -0.05) is 15.9 Å². The second kappa shape index (κ2) is 6.03. The van der Waals surface area contributed by atoms with E-state index in [-0.39, 0.29) is 26.3 Å². The number of rotatable bonds is 4. The lowest BCUT2D eigenvalue weighted by Crippen LogP contribution is -2.15. The summed E-state index contributed by atoms with van der Waals surface area (Å²) in [6, 6.07) is 3.05. The van der Waals surface area contributed by atoms with Gasteiger partial charge in [-0.2, -0.15) is 0 Å². The molecule has 2 aromatic rings. The van der Waals surface area contributed by atoms with Gasteiger partial charge in [-0.05, 0) is 28.1 Å². The van der Waals surface area contributed by atoms with E-state index in [2.05, 4.69) is 31.9 Å². The quantitative estimate of drug-likeness (QED) is 0.755. The van der Waals surface area contributed by atoms with E-state index in [0.29, 0.717) is 0 Å². The van der Waals surface area contributed by atoms with Crippen molar-refractivity contribution in [1.29, 1.82) is 0 Å². The Bertz CT molecular complexity index is 770. The average Bonchev–Trinajstić information content (AvgIpc) is 2.76. The first-order valence-electron chi connectivity index (χ1n) is 5.40. The second-order valence-corrected chi connectivity index (χ2v) is 7.19. The van der Waals surface area contributed by atoms with Crippen molar-refractivity contribution in [3.8, 4) is 0 Å². The van der Waals surface area contributed by atoms with Gasteiger partial charge in [-0.3, -0.25) is 4.72 Å². The molecule has 0 atom stereocenters. The van der Waals surface area contributed by atoms with E-state index in [4.69, 9.17) is 10.2 Å². The van der Waals surface area contributed by atoms with Crippen molar-refractivity contribution in [2.75, 3.05) is 4.72 Å². The first kappa shape index (κ1) is 16.4. The first-order chi connectivity index (χ1) is 9.74. The Morgan fingerprint density at radius 2 is 1.76 bits per heavy atom. The number of benzene rings is 1. The first-order valence-corrected chi connectivity index (χ1v) is 8.47. The van der Waals surface area contributed by atoms with E-state index in [1.165, 1.54) is 6.07 Å². The van der Waals surface area contributed by atoms with Gasteiger partial charge in [0.2, 0.25) is 0 Å². The van der Waals surface area contributed by atoms with Crippen LogP contribution >= 0.6 is 31.9 Å². The smallest absolute Gasteiger partial charge is 0.266 e. The van der Waals surface area contributed by atoms with Gasteiger partial charge < -0.3 is 10.2 Å². The van der Waals surface area contributed by atoms with Crippen molar-refractivity contribution in [3.05, 3.63) is 44.7 Å². The third-order valence-electron chi connectivity index (χ3n) is 2.44. The molecule has 0 aliphatic rings. The molecule has 1 aromatic carbocycles. The van der Waals surface area contributed by atoms with Crippen LogP contribution in [0.25, 0.3) is 0 Å². The molecule has 0 radical (unpaired) electrons. The minimum Gasteiger partial charge on any atom is -0.452 e. The second-order valence-electron chi connectivity index (χ2n) is 3.90. The van der Waals surface area contributed by atoms with Crippen LogP contribution in [0.4, 0.5) is 14.5 Å². The molecule has 21 heavy (non-hydrogen) atoms. The maximum atomic E-state index is 13.7. The average molecular weight is 446 g/mol. The van der Waals surface area contributed by atoms with Gasteiger partial charge in [0.05, 0.1) is 6.54 Å². The number of hydrogen-bond acceptors (Lipinski definition) is 4. The van der Waals surface area contributed by atoms with Crippen molar-refractivity contribution >= 4 is 47.6 Å². The normalized spacial score (nSPS) is 11.7. The molecule has 0 saturated carbocycles. The number of nitrogens with two attached hydrogens (primary N) is 1. The van der Waals surface area contributed by atoms with E-state index in [9.17, 15) is 17.2 Å². The molecule has 3 N–H and O–H groups in total. The van der Waals surface area contributed by atoms with Crippen LogP contribution in [0.3, 0.4) is 0 Å². The molecule has 0 aliphatic heterocycles. The topological polar surface area (TPSA) is 85.3 Å². The third-order valence-corrected chi connectivity index (χ3v) is 5.10. The highest BCUT2D eigenvalue weighted by Gasteiger charge is 2.25. The summed E-state index contributed by atoms with van der Waals surface area (Å²) in [6.45, 7) is -0.0187. The predicted molar refractivity (Wildman–Crippen MR) is 79.2 cm³/mol. The standard InChI is InChI=1S/C11H8Br2F2N2O3S/c12-5-1-7(14)10(8(15)2-5)17-21(18,19)9-3-6(4-16)20-11(9)13/h1-3,17H,4,16H2. The zero-order valence-corrected chi connectivity index (χ0v) is 14.1. The van der Waals surface area contributed by atoms with Gasteiger partial charge in [-0.25, -0.2) is 17.2 Å². The van der Waals surface area contributed by atoms with Crippen LogP contribution in [0.5, 0.6) is 0 Å². The summed E-state index contributed by atoms with van der Waals surface area (Å²) in [7, 11) is -4.23. The molecular weight excluding hydrogens is 438 g/mol. The van der Waals surface area contributed by atoms with Gasteiger partial charge in [0.15, 0.2) is 16.3 Å². The molecule has 0 unspecified atom stereocenters. The maximum absolute atomic E-state index is 13.7. The minimum absolute atomic E-state index is 0.0187. The lowest BCUT2D eigenvalue weighted by molar-refractivity contribution is 0.484. The SMILES string of the molecule is NCc1cc(S(=O)(=O)Nc2c(F)cc(Br)cc2F)c(Br)o1. The van der Waals surface area contributed by atoms with E-state index in [0.717, 1.165) is 12.1 Å². The molecule has 1 heterocycles. The summed E-state index contributed by atoms with van der Waals surface area (Å²) in [5.41, 5.74) is 4.56. The molecule has 0 bridgehead atoms. The monoisotopic (exact) mass is 444 g/mol. The van der Waals surface area contributed by atoms with E-state index in [1.54, 1.807) is 0 Å². The maximum Gasteiger partial charge on any atom is 0.266 e. The molecule has 0 spiro atoms. The van der Waals surface area contributed by atoms with Crippen LogP contribution in [-0.2, 0) is 16.6 Å². The highest BCUT2D eigenvalue weighted by Crippen LogP contribution is 2.30. The van der Waals surface area contributed by atoms with Gasteiger partial charge in [0.1, 0.15) is 16.3 Å². The molecule has 0 aliphatic carbocycles. The third kappa shape index (κ3) is 3.44. The van der Waals surface area contributed by atoms with Crippen LogP contribution in [-0.4, -0.2) is 8.42 Å². The van der Waals surface area contributed by atoms with Crippen LogP contribution in [0, 0.1) is 11.6 Å². The number of halogens is 4. The highest BCUT2D eigenvalue weighted by molar-refractivity contribution is 9.10. The Morgan fingerprint density at radius 1 is 1.19 bits per heavy atom. The van der Waals surface area contributed by atoms with Gasteiger partial charge >= 0.3 is 0 Å². The zero-order chi connectivity index (χ0) is 15.8. The van der Waals surface area contributed by atoms with E-state index < -0.39 is 27.3 Å². The zero-order valence-electron chi connectivity index (χ0n) is 10.2. The summed E-state index contributed by atoms with van der Waals surface area (Å²) in [5, 5.41) is 0. The number of nitrogens with one attached hydrogen (secondary N) is 1. The molecule has 0 amide bonds. The van der Waals surface area contributed by atoms with Crippen molar-refractivity contribution < 1.29 is 21.6 Å². The van der Waals surface area contributed by atoms with Crippen LogP contribution in [0.1, 0.15) is 5.76 Å². The summed E-state index contributed by atoms with van der Waals surface area (Å²) in [4.78, 5) is -0.301. The summed E-state index contributed by atoms with van der Waals surface area (Å²) < 4.78 is 58.6. The summed E-state index contributed by atoms with van der Waals surface area (Å²) >= 11 is 5.82. The fraction of sp³-hybridized carbons (Fsp3) is 0.0909. The van der Waals surface area contributed by atoms with Crippen LogP contribution in [0.15, 0.2) is 36.7 Å². The molecule has 0 fully saturated rings. The minimum atomic E-state index is -4.23. The molecule has 1 aromatic heterocycles. The lowest BCUT2D eigenvalue weighted by Gasteiger charge is -2.09. The Hall–Kier alpha value is -0.970. The molecule has 10 heteroatoms. The van der Waals surface area contributed by atoms with Crippen LogP contribution in [0.2, 0.25) is 0 Å². The molecule has 5 nitrogen and oxygen atoms in total. The molecule has 2 rings (SSSR count). The Labute approximate surface area is 135 Å². The van der Waals surface area contributed by atoms with E-state index >= 15 is 0 Å². The Balaban J connectivity index is 2.44. The number of furan rings is 1. The number of anilines is 1. The number of sulfonamides is 1. The Morgan fingerprint density at radius 3 is 2.24 bits per heavy atom. The largest absolute Gasteiger partial charge is 0.452 e. The van der Waals surface area contributed by atoms with E-state index in [1.807, 2.05) is 4.72 Å². The summed E-state index contributed by atoms with van der Waals surface area (Å²) in [6.07, 6.45) is 0. The van der Waals surface area contributed by atoms with Crippen molar-refractivity contribution in [1.82, 2.24) is 0 Å². The van der Waals surface area contributed by atoms with Crippen molar-refractivity contribution in [3.63, 3.8) is 0 Å². The number of hydrogen-bond donors (Lipinski definition) is 2. The van der Waals surface area contributed by atoms with Crippen molar-refractivity contribution in [2.24, 2.45) is 5.73 Å². The Kier molecular flexibility index (Phi) is 4.71. The van der Waals surface area contributed by atoms with Gasteiger partial charge in [0, 0.05) is 10.5 Å². The van der Waals surface area contributed by atoms with Crippen molar-refractivity contribution in [2.45, 2.75) is 11.4 Å². The molecule has 114 valence electrons. The molecule has 0 saturated heterocycles. The highest BCUT2D eigenvalue weighted by atomic mass is 79.9. The van der Waals surface area contributed by atoms with Crippen LogP contribution < -0.4 is 10.5 Å². The predicted octanol–water partition coefficient (Wildman–Crippen LogP) is 3.34. The lowest BCUT2D eigenvalue weighted by atomic mass is 10.3. The fourth-order valence-corrected chi connectivity index (χ4v) is 3.99. The van der Waals surface area contributed by atoms with Gasteiger partial charge in [-0.15, -0.1) is 0 Å².